The summed E-state index contributed by atoms with van der Waals surface area (Å²) < 4.78 is 11.0. The minimum Gasteiger partial charge on any atom is -0.493 e. The van der Waals surface area contributed by atoms with Gasteiger partial charge in [-0.2, -0.15) is 0 Å². The number of para-hydroxylation sites is 2. The molecule has 0 radical (unpaired) electrons. The summed E-state index contributed by atoms with van der Waals surface area (Å²) in [5.41, 5.74) is 1.39. The molecular formula is C23H30N2O3. The first-order valence-corrected chi connectivity index (χ1v) is 10.1. The molecule has 1 heterocycles. The lowest BCUT2D eigenvalue weighted by Gasteiger charge is -2.22. The van der Waals surface area contributed by atoms with E-state index in [1.807, 2.05) is 29.2 Å². The monoisotopic (exact) mass is 382 g/mol. The Morgan fingerprint density at radius 2 is 1.68 bits per heavy atom. The van der Waals surface area contributed by atoms with Crippen molar-refractivity contribution in [1.82, 2.24) is 9.80 Å². The summed E-state index contributed by atoms with van der Waals surface area (Å²) in [6.45, 7) is 4.66. The summed E-state index contributed by atoms with van der Waals surface area (Å²) in [4.78, 5) is 17.0. The number of methoxy groups -OCH3 is 1. The second-order valence-electron chi connectivity index (χ2n) is 7.10. The second-order valence-corrected chi connectivity index (χ2v) is 7.10. The van der Waals surface area contributed by atoms with E-state index in [0.29, 0.717) is 11.5 Å². The van der Waals surface area contributed by atoms with E-state index >= 15 is 0 Å². The molecule has 0 bridgehead atoms. The lowest BCUT2D eigenvalue weighted by molar-refractivity contribution is -0.133. The van der Waals surface area contributed by atoms with Crippen LogP contribution in [0.2, 0.25) is 0 Å². The molecule has 0 atom stereocenters. The molecule has 3 rings (SSSR count). The van der Waals surface area contributed by atoms with Crippen LogP contribution < -0.4 is 9.47 Å². The number of hydrogen-bond acceptors (Lipinski definition) is 4. The molecule has 5 nitrogen and oxygen atoms in total. The van der Waals surface area contributed by atoms with Crippen molar-refractivity contribution in [3.63, 3.8) is 0 Å². The SMILES string of the molecule is COc1ccccc1OCC(=O)N1CCCN(CCCc2ccccc2)CC1. The molecule has 2 aromatic rings. The fraction of sp³-hybridized carbons (Fsp3) is 0.435. The number of carbonyl (C=O) groups is 1. The highest BCUT2D eigenvalue weighted by atomic mass is 16.5. The fourth-order valence-corrected chi connectivity index (χ4v) is 3.56. The van der Waals surface area contributed by atoms with Gasteiger partial charge < -0.3 is 19.3 Å². The van der Waals surface area contributed by atoms with Gasteiger partial charge in [0.05, 0.1) is 7.11 Å². The number of nitrogens with zero attached hydrogens (tertiary/aromatic N) is 2. The van der Waals surface area contributed by atoms with Gasteiger partial charge in [0.25, 0.3) is 5.91 Å². The average molecular weight is 383 g/mol. The molecule has 1 fully saturated rings. The lowest BCUT2D eigenvalue weighted by Crippen LogP contribution is -2.38. The highest BCUT2D eigenvalue weighted by Crippen LogP contribution is 2.25. The zero-order valence-corrected chi connectivity index (χ0v) is 16.7. The van der Waals surface area contributed by atoms with Crippen molar-refractivity contribution in [1.29, 1.82) is 0 Å². The first kappa shape index (κ1) is 20.2. The van der Waals surface area contributed by atoms with Gasteiger partial charge in [0.2, 0.25) is 0 Å². The van der Waals surface area contributed by atoms with Crippen LogP contribution in [-0.4, -0.2) is 62.1 Å². The Bertz CT molecular complexity index is 736. The first-order valence-electron chi connectivity index (χ1n) is 10.1. The molecule has 2 aromatic carbocycles. The molecular weight excluding hydrogens is 352 g/mol. The summed E-state index contributed by atoms with van der Waals surface area (Å²) in [5, 5.41) is 0. The van der Waals surface area contributed by atoms with Gasteiger partial charge >= 0.3 is 0 Å². The number of amides is 1. The smallest absolute Gasteiger partial charge is 0.260 e. The normalized spacial score (nSPS) is 15.1. The summed E-state index contributed by atoms with van der Waals surface area (Å²) in [6, 6.07) is 18.0. The van der Waals surface area contributed by atoms with Crippen molar-refractivity contribution in [2.75, 3.05) is 46.4 Å². The summed E-state index contributed by atoms with van der Waals surface area (Å²) in [7, 11) is 1.60. The molecule has 150 valence electrons. The van der Waals surface area contributed by atoms with Crippen molar-refractivity contribution < 1.29 is 14.3 Å². The molecule has 0 N–H and O–H groups in total. The van der Waals surface area contributed by atoms with Crippen LogP contribution in [0.5, 0.6) is 11.5 Å². The number of aryl methyl sites for hydroxylation is 1. The minimum absolute atomic E-state index is 0.0389. The molecule has 28 heavy (non-hydrogen) atoms. The van der Waals surface area contributed by atoms with Crippen LogP contribution in [-0.2, 0) is 11.2 Å². The molecule has 1 aliphatic heterocycles. The van der Waals surface area contributed by atoms with Gasteiger partial charge in [0.15, 0.2) is 18.1 Å². The third-order valence-corrected chi connectivity index (χ3v) is 5.14. The maximum absolute atomic E-state index is 12.6. The van der Waals surface area contributed by atoms with Gasteiger partial charge in [-0.05, 0) is 50.0 Å². The molecule has 5 heteroatoms. The van der Waals surface area contributed by atoms with Gasteiger partial charge in [0, 0.05) is 19.6 Å². The Hall–Kier alpha value is -2.53. The Labute approximate surface area is 167 Å². The summed E-state index contributed by atoms with van der Waals surface area (Å²) in [5.74, 6) is 1.29. The summed E-state index contributed by atoms with van der Waals surface area (Å²) >= 11 is 0. The standard InChI is InChI=1S/C23H30N2O3/c1-27-21-12-5-6-13-22(21)28-19-23(26)25-16-8-15-24(17-18-25)14-7-11-20-9-3-2-4-10-20/h2-6,9-10,12-13H,7-8,11,14-19H2,1H3. The largest absolute Gasteiger partial charge is 0.493 e. The Balaban J connectivity index is 1.41. The van der Waals surface area contributed by atoms with Gasteiger partial charge in [-0.1, -0.05) is 42.5 Å². The topological polar surface area (TPSA) is 42.0 Å². The zero-order valence-electron chi connectivity index (χ0n) is 16.7. The van der Waals surface area contributed by atoms with Crippen LogP contribution >= 0.6 is 0 Å². The van der Waals surface area contributed by atoms with Crippen molar-refractivity contribution in [2.24, 2.45) is 0 Å². The summed E-state index contributed by atoms with van der Waals surface area (Å²) in [6.07, 6.45) is 3.26. The van der Waals surface area contributed by atoms with E-state index in [4.69, 9.17) is 9.47 Å². The number of rotatable bonds is 8. The molecule has 0 aromatic heterocycles. The van der Waals surface area contributed by atoms with Crippen LogP contribution in [0.3, 0.4) is 0 Å². The van der Waals surface area contributed by atoms with E-state index in [-0.39, 0.29) is 12.5 Å². The molecule has 1 saturated heterocycles. The Morgan fingerprint density at radius 1 is 0.929 bits per heavy atom. The Kier molecular flexibility index (Phi) is 7.73. The average Bonchev–Trinajstić information content (AvgIpc) is 2.99. The quantitative estimate of drug-likeness (QED) is 0.703. The van der Waals surface area contributed by atoms with E-state index in [2.05, 4.69) is 35.2 Å². The predicted octanol–water partition coefficient (Wildman–Crippen LogP) is 3.24. The third kappa shape index (κ3) is 5.99. The molecule has 0 unspecified atom stereocenters. The van der Waals surface area contributed by atoms with Crippen molar-refractivity contribution in [3.8, 4) is 11.5 Å². The van der Waals surface area contributed by atoms with Crippen LogP contribution in [0.1, 0.15) is 18.4 Å². The third-order valence-electron chi connectivity index (χ3n) is 5.14. The minimum atomic E-state index is 0.0389. The highest BCUT2D eigenvalue weighted by molar-refractivity contribution is 5.77. The maximum Gasteiger partial charge on any atom is 0.260 e. The van der Waals surface area contributed by atoms with Crippen LogP contribution in [0.15, 0.2) is 54.6 Å². The van der Waals surface area contributed by atoms with Crippen LogP contribution in [0.25, 0.3) is 0 Å². The number of carbonyl (C=O) groups excluding carboxylic acids is 1. The molecule has 1 aliphatic rings. The predicted molar refractivity (Wildman–Crippen MR) is 111 cm³/mol. The van der Waals surface area contributed by atoms with Gasteiger partial charge in [-0.15, -0.1) is 0 Å². The zero-order chi connectivity index (χ0) is 19.6. The van der Waals surface area contributed by atoms with Crippen LogP contribution in [0.4, 0.5) is 0 Å². The van der Waals surface area contributed by atoms with Crippen molar-refractivity contribution in [2.45, 2.75) is 19.3 Å². The second kappa shape index (κ2) is 10.7. The highest BCUT2D eigenvalue weighted by Gasteiger charge is 2.19. The first-order chi connectivity index (χ1) is 13.8. The van der Waals surface area contributed by atoms with Gasteiger partial charge in [0.1, 0.15) is 0 Å². The van der Waals surface area contributed by atoms with E-state index in [0.717, 1.165) is 52.0 Å². The van der Waals surface area contributed by atoms with Gasteiger partial charge in [-0.3, -0.25) is 4.79 Å². The van der Waals surface area contributed by atoms with E-state index < -0.39 is 0 Å². The Morgan fingerprint density at radius 3 is 2.46 bits per heavy atom. The van der Waals surface area contributed by atoms with Crippen molar-refractivity contribution >= 4 is 5.91 Å². The number of ether oxygens (including phenoxy) is 2. The number of hydrogen-bond donors (Lipinski definition) is 0. The van der Waals surface area contributed by atoms with Crippen molar-refractivity contribution in [3.05, 3.63) is 60.2 Å². The molecule has 1 amide bonds. The fourth-order valence-electron chi connectivity index (χ4n) is 3.56. The van der Waals surface area contributed by atoms with Gasteiger partial charge in [-0.25, -0.2) is 0 Å². The maximum atomic E-state index is 12.6. The van der Waals surface area contributed by atoms with E-state index in [1.54, 1.807) is 7.11 Å². The number of benzene rings is 2. The molecule has 0 spiro atoms. The molecule has 0 aliphatic carbocycles. The van der Waals surface area contributed by atoms with E-state index in [1.165, 1.54) is 5.56 Å². The van der Waals surface area contributed by atoms with Crippen LogP contribution in [0, 0.1) is 0 Å². The molecule has 0 saturated carbocycles. The van der Waals surface area contributed by atoms with E-state index in [9.17, 15) is 4.79 Å². The lowest BCUT2D eigenvalue weighted by atomic mass is 10.1.